The van der Waals surface area contributed by atoms with Crippen LogP contribution in [-0.2, 0) is 0 Å². The maximum atomic E-state index is 5.89. The van der Waals surface area contributed by atoms with Crippen LogP contribution in [0, 0.1) is 5.92 Å². The smallest absolute Gasteiger partial charge is 0.245 e. The van der Waals surface area contributed by atoms with Gasteiger partial charge < -0.3 is 10.6 Å². The van der Waals surface area contributed by atoms with Crippen LogP contribution in [0.3, 0.4) is 0 Å². The van der Waals surface area contributed by atoms with E-state index in [-0.39, 0.29) is 0 Å². The SMILES string of the molecule is NCC1CCN(c2n[nH]c(-c3ccc(Cl)cc3)n2)CC1. The van der Waals surface area contributed by atoms with Gasteiger partial charge in [-0.3, -0.25) is 5.10 Å². The highest BCUT2D eigenvalue weighted by molar-refractivity contribution is 6.30. The van der Waals surface area contributed by atoms with Gasteiger partial charge in [0.25, 0.3) is 0 Å². The number of aromatic amines is 1. The molecule has 3 rings (SSSR count). The standard InChI is InChI=1S/C14H18ClN5/c15-12-3-1-11(2-4-12)13-17-14(19-18-13)20-7-5-10(9-16)6-8-20/h1-4,10H,5-9,16H2,(H,17,18,19). The summed E-state index contributed by atoms with van der Waals surface area (Å²) in [6.45, 7) is 2.72. The molecule has 0 aliphatic carbocycles. The highest BCUT2D eigenvalue weighted by Crippen LogP contribution is 2.23. The lowest BCUT2D eigenvalue weighted by Crippen LogP contribution is -2.36. The Morgan fingerprint density at radius 3 is 2.60 bits per heavy atom. The van der Waals surface area contributed by atoms with Gasteiger partial charge in [0.2, 0.25) is 5.95 Å². The van der Waals surface area contributed by atoms with Crippen LogP contribution < -0.4 is 10.6 Å². The molecule has 1 aliphatic rings. The fourth-order valence-corrected chi connectivity index (χ4v) is 2.63. The molecule has 6 heteroatoms. The number of aromatic nitrogens is 3. The number of nitrogens with zero attached hydrogens (tertiary/aromatic N) is 3. The maximum absolute atomic E-state index is 5.89. The summed E-state index contributed by atoms with van der Waals surface area (Å²) in [5, 5.41) is 8.03. The molecule has 1 fully saturated rings. The van der Waals surface area contributed by atoms with Gasteiger partial charge in [-0.25, -0.2) is 0 Å². The summed E-state index contributed by atoms with van der Waals surface area (Å²) in [4.78, 5) is 6.78. The first-order valence-corrected chi connectivity index (χ1v) is 7.27. The first-order valence-electron chi connectivity index (χ1n) is 6.89. The molecule has 1 aromatic heterocycles. The van der Waals surface area contributed by atoms with E-state index in [2.05, 4.69) is 20.1 Å². The van der Waals surface area contributed by atoms with Gasteiger partial charge in [0.1, 0.15) is 0 Å². The Bertz CT molecular complexity index is 557. The van der Waals surface area contributed by atoms with E-state index >= 15 is 0 Å². The second-order valence-corrected chi connectivity index (χ2v) is 5.59. The number of nitrogens with one attached hydrogen (secondary N) is 1. The zero-order chi connectivity index (χ0) is 13.9. The van der Waals surface area contributed by atoms with Crippen LogP contribution >= 0.6 is 11.6 Å². The average molecular weight is 292 g/mol. The molecule has 1 aromatic carbocycles. The molecule has 2 heterocycles. The molecule has 0 unspecified atom stereocenters. The molecule has 2 aromatic rings. The van der Waals surface area contributed by atoms with E-state index in [1.807, 2.05) is 24.3 Å². The Labute approximate surface area is 123 Å². The molecule has 0 spiro atoms. The van der Waals surface area contributed by atoms with Gasteiger partial charge in [-0.2, -0.15) is 4.98 Å². The van der Waals surface area contributed by atoms with E-state index in [0.717, 1.165) is 54.8 Å². The quantitative estimate of drug-likeness (QED) is 0.910. The van der Waals surface area contributed by atoms with Gasteiger partial charge in [-0.1, -0.05) is 11.6 Å². The third-order valence-electron chi connectivity index (χ3n) is 3.82. The van der Waals surface area contributed by atoms with Crippen LogP contribution in [0.4, 0.5) is 5.95 Å². The van der Waals surface area contributed by atoms with Crippen molar-refractivity contribution in [3.8, 4) is 11.4 Å². The van der Waals surface area contributed by atoms with Crippen molar-refractivity contribution in [2.75, 3.05) is 24.5 Å². The number of anilines is 1. The Kier molecular flexibility index (Phi) is 3.89. The van der Waals surface area contributed by atoms with Crippen LogP contribution in [-0.4, -0.2) is 34.8 Å². The molecule has 0 amide bonds. The molecule has 0 radical (unpaired) electrons. The summed E-state index contributed by atoms with van der Waals surface area (Å²) >= 11 is 5.89. The number of halogens is 1. The Hall–Kier alpha value is -1.59. The Morgan fingerprint density at radius 2 is 1.95 bits per heavy atom. The number of benzene rings is 1. The van der Waals surface area contributed by atoms with Crippen LogP contribution in [0.5, 0.6) is 0 Å². The number of piperidine rings is 1. The summed E-state index contributed by atoms with van der Waals surface area (Å²) in [6, 6.07) is 7.58. The molecule has 5 nitrogen and oxygen atoms in total. The Balaban J connectivity index is 1.72. The third-order valence-corrected chi connectivity index (χ3v) is 4.07. The van der Waals surface area contributed by atoms with Gasteiger partial charge in [0.05, 0.1) is 0 Å². The van der Waals surface area contributed by atoms with Crippen molar-refractivity contribution in [1.82, 2.24) is 15.2 Å². The summed E-state index contributed by atoms with van der Waals surface area (Å²) in [7, 11) is 0. The van der Waals surface area contributed by atoms with Crippen molar-refractivity contribution in [2.24, 2.45) is 11.7 Å². The monoisotopic (exact) mass is 291 g/mol. The van der Waals surface area contributed by atoms with Gasteiger partial charge >= 0.3 is 0 Å². The largest absolute Gasteiger partial charge is 0.340 e. The molecule has 3 N–H and O–H groups in total. The fraction of sp³-hybridized carbons (Fsp3) is 0.429. The van der Waals surface area contributed by atoms with Crippen LogP contribution in [0.2, 0.25) is 5.02 Å². The lowest BCUT2D eigenvalue weighted by molar-refractivity contribution is 0.411. The van der Waals surface area contributed by atoms with E-state index in [4.69, 9.17) is 17.3 Å². The molecule has 0 bridgehead atoms. The number of rotatable bonds is 3. The normalized spacial score (nSPS) is 16.6. The van der Waals surface area contributed by atoms with Crippen LogP contribution in [0.15, 0.2) is 24.3 Å². The first-order chi connectivity index (χ1) is 9.76. The zero-order valence-electron chi connectivity index (χ0n) is 11.2. The van der Waals surface area contributed by atoms with Crippen molar-refractivity contribution in [1.29, 1.82) is 0 Å². The summed E-state index contributed by atoms with van der Waals surface area (Å²) in [5.41, 5.74) is 6.70. The summed E-state index contributed by atoms with van der Waals surface area (Å²) < 4.78 is 0. The van der Waals surface area contributed by atoms with Crippen molar-refractivity contribution in [3.63, 3.8) is 0 Å². The van der Waals surface area contributed by atoms with Gasteiger partial charge in [0, 0.05) is 23.7 Å². The minimum Gasteiger partial charge on any atom is -0.340 e. The number of hydrogen-bond acceptors (Lipinski definition) is 4. The minimum absolute atomic E-state index is 0.640. The second kappa shape index (κ2) is 5.81. The number of H-pyrrole nitrogens is 1. The molecule has 106 valence electrons. The molecule has 1 saturated heterocycles. The van der Waals surface area contributed by atoms with E-state index in [0.29, 0.717) is 5.92 Å². The Morgan fingerprint density at radius 1 is 1.25 bits per heavy atom. The fourth-order valence-electron chi connectivity index (χ4n) is 2.50. The molecule has 1 aliphatic heterocycles. The third kappa shape index (κ3) is 2.78. The van der Waals surface area contributed by atoms with E-state index in [1.54, 1.807) is 0 Å². The molecular formula is C14H18ClN5. The summed E-state index contributed by atoms with van der Waals surface area (Å²) in [5.74, 6) is 2.18. The number of hydrogen-bond donors (Lipinski definition) is 2. The van der Waals surface area contributed by atoms with E-state index in [9.17, 15) is 0 Å². The van der Waals surface area contributed by atoms with Gasteiger partial charge in [0.15, 0.2) is 5.82 Å². The van der Waals surface area contributed by atoms with E-state index in [1.165, 1.54) is 0 Å². The molecule has 0 atom stereocenters. The van der Waals surface area contributed by atoms with Crippen molar-refractivity contribution >= 4 is 17.5 Å². The highest BCUT2D eigenvalue weighted by atomic mass is 35.5. The zero-order valence-corrected chi connectivity index (χ0v) is 12.0. The van der Waals surface area contributed by atoms with Gasteiger partial charge in [-0.15, -0.1) is 5.10 Å². The average Bonchev–Trinajstić information content (AvgIpc) is 2.98. The van der Waals surface area contributed by atoms with E-state index < -0.39 is 0 Å². The minimum atomic E-state index is 0.640. The predicted molar refractivity (Wildman–Crippen MR) is 80.8 cm³/mol. The lowest BCUT2D eigenvalue weighted by Gasteiger charge is -2.30. The predicted octanol–water partition coefficient (Wildman–Crippen LogP) is 2.30. The molecule has 20 heavy (non-hydrogen) atoms. The second-order valence-electron chi connectivity index (χ2n) is 5.16. The van der Waals surface area contributed by atoms with Crippen molar-refractivity contribution in [3.05, 3.63) is 29.3 Å². The maximum Gasteiger partial charge on any atom is 0.245 e. The summed E-state index contributed by atoms with van der Waals surface area (Å²) in [6.07, 6.45) is 2.22. The highest BCUT2D eigenvalue weighted by Gasteiger charge is 2.21. The molecular weight excluding hydrogens is 274 g/mol. The number of nitrogens with two attached hydrogens (primary N) is 1. The van der Waals surface area contributed by atoms with Crippen molar-refractivity contribution < 1.29 is 0 Å². The van der Waals surface area contributed by atoms with Crippen molar-refractivity contribution in [2.45, 2.75) is 12.8 Å². The lowest BCUT2D eigenvalue weighted by atomic mass is 9.97. The molecule has 0 saturated carbocycles. The van der Waals surface area contributed by atoms with Gasteiger partial charge in [-0.05, 0) is 49.6 Å². The van der Waals surface area contributed by atoms with Crippen LogP contribution in [0.25, 0.3) is 11.4 Å². The van der Waals surface area contributed by atoms with Crippen LogP contribution in [0.1, 0.15) is 12.8 Å². The first kappa shape index (κ1) is 13.4. The topological polar surface area (TPSA) is 70.8 Å².